The van der Waals surface area contributed by atoms with E-state index >= 15 is 0 Å². The number of thiazole rings is 1. The second kappa shape index (κ2) is 3.89. The van der Waals surface area contributed by atoms with Gasteiger partial charge in [-0.3, -0.25) is 4.79 Å². The van der Waals surface area contributed by atoms with Crippen LogP contribution in [0.2, 0.25) is 0 Å². The smallest absolute Gasteiger partial charge is 0.249 e. The molecule has 0 radical (unpaired) electrons. The van der Waals surface area contributed by atoms with Crippen LogP contribution in [0.4, 0.5) is 10.8 Å². The van der Waals surface area contributed by atoms with Crippen molar-refractivity contribution in [3.05, 3.63) is 39.3 Å². The first-order chi connectivity index (χ1) is 8.22. The zero-order chi connectivity index (χ0) is 11.8. The number of aromatic amines is 1. The number of pyridine rings is 1. The van der Waals surface area contributed by atoms with Gasteiger partial charge >= 0.3 is 0 Å². The average Bonchev–Trinajstić information content (AvgIpc) is 2.68. The molecule has 0 fully saturated rings. The number of nitrogen functional groups attached to an aromatic ring is 1. The number of aromatic nitrogens is 2. The molecule has 3 rings (SSSR count). The van der Waals surface area contributed by atoms with E-state index < -0.39 is 0 Å². The van der Waals surface area contributed by atoms with Crippen molar-refractivity contribution in [1.29, 1.82) is 0 Å². The van der Waals surface area contributed by atoms with Crippen LogP contribution >= 0.6 is 11.3 Å². The van der Waals surface area contributed by atoms with Gasteiger partial charge in [0.05, 0.1) is 12.2 Å². The molecule has 0 saturated carbocycles. The lowest BCUT2D eigenvalue weighted by molar-refractivity contribution is 0.728. The Morgan fingerprint density at radius 1 is 1.53 bits per heavy atom. The number of fused-ring (bicyclic) bond motifs is 1. The molecule has 0 saturated heterocycles. The van der Waals surface area contributed by atoms with Gasteiger partial charge in [-0.1, -0.05) is 0 Å². The van der Waals surface area contributed by atoms with Gasteiger partial charge in [0.2, 0.25) is 5.56 Å². The van der Waals surface area contributed by atoms with Gasteiger partial charge in [0.25, 0.3) is 0 Å². The standard InChI is InChI=1S/C11H12N4OS/c12-11-14-8-2-4-15(6-9(8)17-11)7-1-3-13-10(16)5-7/h1,3,5H,2,4,6H2,(H2,12,14)(H,13,16). The van der Waals surface area contributed by atoms with E-state index in [4.69, 9.17) is 5.73 Å². The summed E-state index contributed by atoms with van der Waals surface area (Å²) in [7, 11) is 0. The molecule has 88 valence electrons. The number of hydrogen-bond donors (Lipinski definition) is 2. The Morgan fingerprint density at radius 2 is 2.41 bits per heavy atom. The van der Waals surface area contributed by atoms with Gasteiger partial charge in [0, 0.05) is 35.8 Å². The zero-order valence-electron chi connectivity index (χ0n) is 9.14. The molecule has 0 unspecified atom stereocenters. The minimum atomic E-state index is -0.0721. The first-order valence-electron chi connectivity index (χ1n) is 5.40. The van der Waals surface area contributed by atoms with Crippen LogP contribution in [-0.2, 0) is 13.0 Å². The molecule has 2 aromatic heterocycles. The quantitative estimate of drug-likeness (QED) is 0.788. The topological polar surface area (TPSA) is 75.0 Å². The molecule has 6 heteroatoms. The Bertz CT molecular complexity index is 604. The van der Waals surface area contributed by atoms with Crippen molar-refractivity contribution < 1.29 is 0 Å². The van der Waals surface area contributed by atoms with E-state index in [0.717, 1.165) is 30.9 Å². The van der Waals surface area contributed by atoms with E-state index in [1.807, 2.05) is 6.07 Å². The fraction of sp³-hybridized carbons (Fsp3) is 0.273. The molecule has 0 spiro atoms. The number of hydrogen-bond acceptors (Lipinski definition) is 5. The summed E-state index contributed by atoms with van der Waals surface area (Å²) in [5, 5.41) is 0.628. The molecular formula is C11H12N4OS. The summed E-state index contributed by atoms with van der Waals surface area (Å²) >= 11 is 1.53. The second-order valence-electron chi connectivity index (χ2n) is 4.00. The van der Waals surface area contributed by atoms with Crippen molar-refractivity contribution >= 4 is 22.2 Å². The van der Waals surface area contributed by atoms with Crippen molar-refractivity contribution in [2.24, 2.45) is 0 Å². The van der Waals surface area contributed by atoms with Crippen LogP contribution < -0.4 is 16.2 Å². The van der Waals surface area contributed by atoms with Gasteiger partial charge in [0.1, 0.15) is 0 Å². The summed E-state index contributed by atoms with van der Waals surface area (Å²) in [4.78, 5) is 21.6. The lowest BCUT2D eigenvalue weighted by Crippen LogP contribution is -2.30. The number of nitrogens with one attached hydrogen (secondary N) is 1. The maximum absolute atomic E-state index is 11.3. The van der Waals surface area contributed by atoms with Crippen LogP contribution in [0.5, 0.6) is 0 Å². The Kier molecular flexibility index (Phi) is 2.36. The number of H-pyrrole nitrogens is 1. The number of rotatable bonds is 1. The van der Waals surface area contributed by atoms with E-state index in [2.05, 4.69) is 14.9 Å². The first-order valence-corrected chi connectivity index (χ1v) is 6.22. The van der Waals surface area contributed by atoms with Crippen molar-refractivity contribution in [3.8, 4) is 0 Å². The lowest BCUT2D eigenvalue weighted by Gasteiger charge is -2.27. The molecule has 2 aromatic rings. The fourth-order valence-electron chi connectivity index (χ4n) is 2.07. The van der Waals surface area contributed by atoms with Crippen LogP contribution in [0.3, 0.4) is 0 Å². The fourth-order valence-corrected chi connectivity index (χ4v) is 2.96. The van der Waals surface area contributed by atoms with Crippen molar-refractivity contribution in [3.63, 3.8) is 0 Å². The predicted molar refractivity (Wildman–Crippen MR) is 68.3 cm³/mol. The molecule has 0 atom stereocenters. The molecule has 0 amide bonds. The third-order valence-corrected chi connectivity index (χ3v) is 3.78. The van der Waals surface area contributed by atoms with Gasteiger partial charge in [-0.2, -0.15) is 0 Å². The molecule has 1 aliphatic heterocycles. The van der Waals surface area contributed by atoms with E-state index in [1.165, 1.54) is 16.2 Å². The predicted octanol–water partition coefficient (Wildman–Crippen LogP) is 0.976. The van der Waals surface area contributed by atoms with Crippen molar-refractivity contribution in [2.45, 2.75) is 13.0 Å². The summed E-state index contributed by atoms with van der Waals surface area (Å²) in [6.45, 7) is 1.66. The maximum Gasteiger partial charge on any atom is 0.249 e. The van der Waals surface area contributed by atoms with E-state index in [-0.39, 0.29) is 5.56 Å². The van der Waals surface area contributed by atoms with E-state index in [0.29, 0.717) is 5.13 Å². The maximum atomic E-state index is 11.3. The summed E-state index contributed by atoms with van der Waals surface area (Å²) in [6, 6.07) is 3.53. The van der Waals surface area contributed by atoms with Crippen molar-refractivity contribution in [1.82, 2.24) is 9.97 Å². The minimum Gasteiger partial charge on any atom is -0.375 e. The Hall–Kier alpha value is -1.82. The third-order valence-electron chi connectivity index (χ3n) is 2.87. The van der Waals surface area contributed by atoms with Gasteiger partial charge in [-0.05, 0) is 6.07 Å². The molecule has 17 heavy (non-hydrogen) atoms. The summed E-state index contributed by atoms with van der Waals surface area (Å²) < 4.78 is 0. The van der Waals surface area contributed by atoms with Crippen LogP contribution in [0, 0.1) is 0 Å². The average molecular weight is 248 g/mol. The second-order valence-corrected chi connectivity index (χ2v) is 5.12. The monoisotopic (exact) mass is 248 g/mol. The minimum absolute atomic E-state index is 0.0721. The van der Waals surface area contributed by atoms with Crippen LogP contribution in [0.15, 0.2) is 23.1 Å². The van der Waals surface area contributed by atoms with Crippen LogP contribution in [0.25, 0.3) is 0 Å². The molecule has 3 N–H and O–H groups in total. The number of nitrogens with zero attached hydrogens (tertiary/aromatic N) is 2. The molecule has 5 nitrogen and oxygen atoms in total. The Morgan fingerprint density at radius 3 is 3.24 bits per heavy atom. The molecule has 0 bridgehead atoms. The SMILES string of the molecule is Nc1nc2c(s1)CN(c1cc[nH]c(=O)c1)CC2. The number of nitrogens with two attached hydrogens (primary N) is 1. The third kappa shape index (κ3) is 1.91. The Balaban J connectivity index is 1.91. The van der Waals surface area contributed by atoms with E-state index in [1.54, 1.807) is 12.3 Å². The summed E-state index contributed by atoms with van der Waals surface area (Å²) in [6.07, 6.45) is 2.56. The van der Waals surface area contributed by atoms with Gasteiger partial charge < -0.3 is 15.6 Å². The summed E-state index contributed by atoms with van der Waals surface area (Å²) in [5.41, 5.74) is 7.68. The number of anilines is 2. The molecule has 3 heterocycles. The van der Waals surface area contributed by atoms with Gasteiger partial charge in [0.15, 0.2) is 5.13 Å². The molecule has 1 aliphatic rings. The van der Waals surface area contributed by atoms with Crippen LogP contribution in [-0.4, -0.2) is 16.5 Å². The zero-order valence-corrected chi connectivity index (χ0v) is 9.96. The largest absolute Gasteiger partial charge is 0.375 e. The van der Waals surface area contributed by atoms with E-state index in [9.17, 15) is 4.79 Å². The van der Waals surface area contributed by atoms with Crippen molar-refractivity contribution in [2.75, 3.05) is 17.2 Å². The van der Waals surface area contributed by atoms with Crippen LogP contribution in [0.1, 0.15) is 10.6 Å². The highest BCUT2D eigenvalue weighted by atomic mass is 32.1. The highest BCUT2D eigenvalue weighted by molar-refractivity contribution is 7.15. The highest BCUT2D eigenvalue weighted by Crippen LogP contribution is 2.28. The molecular weight excluding hydrogens is 236 g/mol. The van der Waals surface area contributed by atoms with Gasteiger partial charge in [-0.25, -0.2) is 4.98 Å². The van der Waals surface area contributed by atoms with Gasteiger partial charge in [-0.15, -0.1) is 11.3 Å². The first kappa shape index (κ1) is 10.3. The highest BCUT2D eigenvalue weighted by Gasteiger charge is 2.20. The normalized spacial score (nSPS) is 14.7. The lowest BCUT2D eigenvalue weighted by atomic mass is 10.1. The molecule has 0 aromatic carbocycles. The molecule has 0 aliphatic carbocycles. The summed E-state index contributed by atoms with van der Waals surface area (Å²) in [5.74, 6) is 0. The Labute approximate surface area is 102 Å².